The first kappa shape index (κ1) is 21.2. The van der Waals surface area contributed by atoms with Crippen LogP contribution in [0.4, 0.5) is 0 Å². The predicted molar refractivity (Wildman–Crippen MR) is 119 cm³/mol. The molecule has 1 amide bonds. The summed E-state index contributed by atoms with van der Waals surface area (Å²) >= 11 is 7.60. The summed E-state index contributed by atoms with van der Waals surface area (Å²) in [6.07, 6.45) is 1.95. The first-order chi connectivity index (χ1) is 14.4. The van der Waals surface area contributed by atoms with Gasteiger partial charge in [-0.2, -0.15) is 4.31 Å². The fourth-order valence-corrected chi connectivity index (χ4v) is 6.26. The molecule has 1 fully saturated rings. The molecule has 0 bridgehead atoms. The van der Waals surface area contributed by atoms with Gasteiger partial charge in [0.2, 0.25) is 15.9 Å². The first-order valence-corrected chi connectivity index (χ1v) is 12.4. The van der Waals surface area contributed by atoms with Crippen molar-refractivity contribution in [2.24, 2.45) is 0 Å². The summed E-state index contributed by atoms with van der Waals surface area (Å²) in [5.41, 5.74) is 1.00. The topological polar surface area (TPSA) is 70.6 Å². The number of nitrogens with zero attached hydrogens (tertiary/aromatic N) is 3. The lowest BCUT2D eigenvalue weighted by molar-refractivity contribution is -0.132. The van der Waals surface area contributed by atoms with Crippen molar-refractivity contribution in [1.29, 1.82) is 0 Å². The summed E-state index contributed by atoms with van der Waals surface area (Å²) in [6, 6.07) is 14.3. The third-order valence-corrected chi connectivity index (χ3v) is 8.37. The molecule has 6 nitrogen and oxygen atoms in total. The Bertz CT molecular complexity index is 1120. The Morgan fingerprint density at radius 1 is 1.07 bits per heavy atom. The van der Waals surface area contributed by atoms with Crippen LogP contribution in [0.25, 0.3) is 10.2 Å². The third kappa shape index (κ3) is 4.67. The predicted octanol–water partition coefficient (Wildman–Crippen LogP) is 3.81. The fraction of sp³-hybridized carbons (Fsp3) is 0.333. The van der Waals surface area contributed by atoms with Crippen molar-refractivity contribution in [1.82, 2.24) is 14.2 Å². The van der Waals surface area contributed by atoms with E-state index < -0.39 is 10.0 Å². The Morgan fingerprint density at radius 3 is 2.57 bits per heavy atom. The van der Waals surface area contributed by atoms with E-state index in [1.54, 1.807) is 34.4 Å². The molecule has 0 N–H and O–H groups in total. The SMILES string of the molecule is O=C(CCCc1nc2ccccc2s1)N1CCN(S(=O)(=O)c2cccc(Cl)c2)CC1. The summed E-state index contributed by atoms with van der Waals surface area (Å²) in [5, 5.41) is 1.43. The minimum absolute atomic E-state index is 0.0657. The van der Waals surface area contributed by atoms with Gasteiger partial charge in [-0.05, 0) is 43.2 Å². The van der Waals surface area contributed by atoms with Crippen LogP contribution >= 0.6 is 22.9 Å². The van der Waals surface area contributed by atoms with Crippen molar-refractivity contribution in [3.05, 3.63) is 58.6 Å². The van der Waals surface area contributed by atoms with Crippen LogP contribution in [0.3, 0.4) is 0 Å². The molecule has 158 valence electrons. The molecule has 1 aliphatic heterocycles. The molecule has 3 aromatic rings. The van der Waals surface area contributed by atoms with Gasteiger partial charge in [-0.25, -0.2) is 13.4 Å². The monoisotopic (exact) mass is 463 g/mol. The summed E-state index contributed by atoms with van der Waals surface area (Å²) in [5.74, 6) is 0.0657. The minimum Gasteiger partial charge on any atom is -0.340 e. The van der Waals surface area contributed by atoms with Gasteiger partial charge in [0, 0.05) is 37.6 Å². The van der Waals surface area contributed by atoms with Crippen molar-refractivity contribution >= 4 is 49.1 Å². The molecule has 1 saturated heterocycles. The number of sulfonamides is 1. The molecule has 1 aliphatic rings. The quantitative estimate of drug-likeness (QED) is 0.557. The maximum atomic E-state index is 12.8. The van der Waals surface area contributed by atoms with E-state index in [2.05, 4.69) is 11.1 Å². The van der Waals surface area contributed by atoms with Crippen molar-refractivity contribution in [3.8, 4) is 0 Å². The zero-order valence-corrected chi connectivity index (χ0v) is 18.7. The van der Waals surface area contributed by atoms with E-state index in [0.29, 0.717) is 37.6 Å². The van der Waals surface area contributed by atoms with Crippen LogP contribution in [0.15, 0.2) is 53.4 Å². The van der Waals surface area contributed by atoms with E-state index in [0.717, 1.165) is 28.1 Å². The van der Waals surface area contributed by atoms with Gasteiger partial charge in [-0.15, -0.1) is 11.3 Å². The Morgan fingerprint density at radius 2 is 1.83 bits per heavy atom. The summed E-state index contributed by atoms with van der Waals surface area (Å²) in [7, 11) is -3.60. The molecule has 0 spiro atoms. The van der Waals surface area contributed by atoms with Crippen molar-refractivity contribution in [2.75, 3.05) is 26.2 Å². The Hall–Kier alpha value is -2.00. The maximum absolute atomic E-state index is 12.8. The number of benzene rings is 2. The molecule has 9 heteroatoms. The second kappa shape index (κ2) is 9.01. The number of para-hydroxylation sites is 1. The van der Waals surface area contributed by atoms with E-state index in [1.165, 1.54) is 10.4 Å². The van der Waals surface area contributed by atoms with Crippen molar-refractivity contribution < 1.29 is 13.2 Å². The lowest BCUT2D eigenvalue weighted by Gasteiger charge is -2.34. The average Bonchev–Trinajstić information content (AvgIpc) is 3.16. The number of thiazole rings is 1. The Kier molecular flexibility index (Phi) is 6.38. The molecule has 0 unspecified atom stereocenters. The van der Waals surface area contributed by atoms with Crippen molar-refractivity contribution in [3.63, 3.8) is 0 Å². The number of piperazine rings is 1. The van der Waals surface area contributed by atoms with Gasteiger partial charge >= 0.3 is 0 Å². The second-order valence-electron chi connectivity index (χ2n) is 7.17. The number of hydrogen-bond acceptors (Lipinski definition) is 5. The molecular formula is C21H22ClN3O3S2. The number of fused-ring (bicyclic) bond motifs is 1. The lowest BCUT2D eigenvalue weighted by Crippen LogP contribution is -2.50. The van der Waals surface area contributed by atoms with E-state index in [1.807, 2.05) is 18.2 Å². The molecule has 0 atom stereocenters. The number of amides is 1. The van der Waals surface area contributed by atoms with E-state index >= 15 is 0 Å². The number of aryl methyl sites for hydroxylation is 1. The molecule has 0 saturated carbocycles. The number of carbonyl (C=O) groups is 1. The minimum atomic E-state index is -3.60. The van der Waals surface area contributed by atoms with Crippen LogP contribution in [0, 0.1) is 0 Å². The number of hydrogen-bond donors (Lipinski definition) is 0. The highest BCUT2D eigenvalue weighted by Crippen LogP contribution is 2.23. The highest BCUT2D eigenvalue weighted by Gasteiger charge is 2.30. The first-order valence-electron chi connectivity index (χ1n) is 9.81. The van der Waals surface area contributed by atoms with Gasteiger partial charge < -0.3 is 4.90 Å². The van der Waals surface area contributed by atoms with E-state index in [-0.39, 0.29) is 10.8 Å². The van der Waals surface area contributed by atoms with Crippen LogP contribution in [0.2, 0.25) is 5.02 Å². The number of aromatic nitrogens is 1. The van der Waals surface area contributed by atoms with E-state index in [9.17, 15) is 13.2 Å². The largest absolute Gasteiger partial charge is 0.340 e. The number of halogens is 1. The molecular weight excluding hydrogens is 442 g/mol. The van der Waals surface area contributed by atoms with Crippen LogP contribution < -0.4 is 0 Å². The zero-order valence-electron chi connectivity index (χ0n) is 16.3. The summed E-state index contributed by atoms with van der Waals surface area (Å²) in [6.45, 7) is 1.39. The molecule has 30 heavy (non-hydrogen) atoms. The van der Waals surface area contributed by atoms with Gasteiger partial charge in [0.05, 0.1) is 20.1 Å². The normalized spacial score (nSPS) is 15.6. The zero-order chi connectivity index (χ0) is 21.1. The highest BCUT2D eigenvalue weighted by atomic mass is 35.5. The van der Waals surface area contributed by atoms with Crippen molar-refractivity contribution in [2.45, 2.75) is 24.2 Å². The smallest absolute Gasteiger partial charge is 0.243 e. The van der Waals surface area contributed by atoms with E-state index in [4.69, 9.17) is 11.6 Å². The average molecular weight is 464 g/mol. The number of carbonyl (C=O) groups excluding carboxylic acids is 1. The molecule has 0 aliphatic carbocycles. The number of rotatable bonds is 6. The third-order valence-electron chi connectivity index (χ3n) is 5.14. The Balaban J connectivity index is 1.28. The van der Waals surface area contributed by atoms with Gasteiger partial charge in [-0.3, -0.25) is 4.79 Å². The Labute approximate surface area is 185 Å². The molecule has 2 heterocycles. The van der Waals surface area contributed by atoms with Gasteiger partial charge in [0.25, 0.3) is 0 Å². The molecule has 2 aromatic carbocycles. The van der Waals surface area contributed by atoms with Crippen LogP contribution in [0.1, 0.15) is 17.8 Å². The van der Waals surface area contributed by atoms with Gasteiger partial charge in [0.15, 0.2) is 0 Å². The van der Waals surface area contributed by atoms with Crippen LogP contribution in [-0.4, -0.2) is 54.7 Å². The molecule has 4 rings (SSSR count). The fourth-order valence-electron chi connectivity index (χ4n) is 3.53. The van der Waals surface area contributed by atoms with Crippen LogP contribution in [0.5, 0.6) is 0 Å². The van der Waals surface area contributed by atoms with Gasteiger partial charge in [-0.1, -0.05) is 29.8 Å². The molecule has 0 radical (unpaired) electrons. The standard InChI is InChI=1S/C21H22ClN3O3S2/c22-16-5-3-6-17(15-16)30(27,28)25-13-11-24(12-14-25)21(26)10-4-9-20-23-18-7-1-2-8-19(18)29-20/h1-3,5-8,15H,4,9-14H2. The van der Waals surface area contributed by atoms with Crippen LogP contribution in [-0.2, 0) is 21.2 Å². The van der Waals surface area contributed by atoms with Gasteiger partial charge in [0.1, 0.15) is 0 Å². The summed E-state index contributed by atoms with van der Waals surface area (Å²) < 4.78 is 28.1. The summed E-state index contributed by atoms with van der Waals surface area (Å²) in [4.78, 5) is 19.1. The lowest BCUT2D eigenvalue weighted by atomic mass is 10.2. The maximum Gasteiger partial charge on any atom is 0.243 e. The second-order valence-corrected chi connectivity index (χ2v) is 10.7. The molecule has 1 aromatic heterocycles. The highest BCUT2D eigenvalue weighted by molar-refractivity contribution is 7.89.